The number of hydrogen-bond donors (Lipinski definition) is 0. The van der Waals surface area contributed by atoms with Crippen molar-refractivity contribution in [3.05, 3.63) is 45.0 Å². The van der Waals surface area contributed by atoms with Gasteiger partial charge in [0, 0.05) is 19.7 Å². The highest BCUT2D eigenvalue weighted by Gasteiger charge is 2.38. The lowest BCUT2D eigenvalue weighted by Gasteiger charge is -2.31. The molecule has 9 nitrogen and oxygen atoms in total. The second-order valence-corrected chi connectivity index (χ2v) is 12.9. The van der Waals surface area contributed by atoms with Crippen LogP contribution in [0.25, 0.3) is 10.2 Å². The predicted octanol–water partition coefficient (Wildman–Crippen LogP) is 3.91. The van der Waals surface area contributed by atoms with Crippen LogP contribution in [0.2, 0.25) is 4.34 Å². The van der Waals surface area contributed by atoms with E-state index in [9.17, 15) is 18.0 Å². The lowest BCUT2D eigenvalue weighted by atomic mass is 10.0. The normalized spacial score (nSPS) is 17.5. The number of aromatic nitrogens is 1. The summed E-state index contributed by atoms with van der Waals surface area (Å²) in [4.78, 5) is 30.2. The van der Waals surface area contributed by atoms with Gasteiger partial charge in [0.15, 0.2) is 4.80 Å². The minimum atomic E-state index is -3.89. The number of esters is 1. The molecule has 0 aliphatic carbocycles. The van der Waals surface area contributed by atoms with Gasteiger partial charge < -0.3 is 14.0 Å². The van der Waals surface area contributed by atoms with Crippen molar-refractivity contribution in [3.63, 3.8) is 0 Å². The number of sulfonamides is 1. The van der Waals surface area contributed by atoms with Crippen LogP contribution >= 0.6 is 34.3 Å². The van der Waals surface area contributed by atoms with E-state index in [1.54, 1.807) is 18.2 Å². The Balaban J connectivity index is 1.74. The van der Waals surface area contributed by atoms with Crippen molar-refractivity contribution < 1.29 is 27.5 Å². The number of carbonyl (C=O) groups is 2. The number of ether oxygens (including phenoxy) is 2. The Bertz CT molecular complexity index is 1440. The maximum atomic E-state index is 13.4. The lowest BCUT2D eigenvalue weighted by molar-refractivity contribution is -0.122. The molecule has 194 valence electrons. The molecule has 0 saturated carbocycles. The van der Waals surface area contributed by atoms with Crippen LogP contribution in [0.3, 0.4) is 0 Å². The molecule has 0 bridgehead atoms. The van der Waals surface area contributed by atoms with E-state index in [0.717, 1.165) is 28.0 Å². The fourth-order valence-electron chi connectivity index (χ4n) is 4.08. The average Bonchev–Trinajstić information content (AvgIpc) is 3.47. The third-order valence-corrected chi connectivity index (χ3v) is 10.5. The number of benzene rings is 1. The summed E-state index contributed by atoms with van der Waals surface area (Å²) in [6.45, 7) is 3.53. The number of rotatable bonds is 8. The van der Waals surface area contributed by atoms with Gasteiger partial charge >= 0.3 is 5.97 Å². The Morgan fingerprint density at radius 1 is 1.19 bits per heavy atom. The van der Waals surface area contributed by atoms with Crippen LogP contribution in [0, 0.1) is 0 Å². The number of thiophene rings is 1. The van der Waals surface area contributed by atoms with E-state index in [2.05, 4.69) is 4.99 Å². The summed E-state index contributed by atoms with van der Waals surface area (Å²) in [6.07, 6.45) is 1.77. The number of hydrogen-bond acceptors (Lipinski definition) is 8. The van der Waals surface area contributed by atoms with E-state index < -0.39 is 27.9 Å². The summed E-state index contributed by atoms with van der Waals surface area (Å²) >= 11 is 8.19. The molecule has 1 aromatic carbocycles. The van der Waals surface area contributed by atoms with Gasteiger partial charge in [0.05, 0.1) is 33.8 Å². The summed E-state index contributed by atoms with van der Waals surface area (Å²) in [7, 11) is -2.57. The number of methoxy groups -OCH3 is 1. The van der Waals surface area contributed by atoms with Crippen LogP contribution in [-0.2, 0) is 30.8 Å². The highest BCUT2D eigenvalue weighted by molar-refractivity contribution is 7.91. The van der Waals surface area contributed by atoms with E-state index in [4.69, 9.17) is 21.1 Å². The molecule has 1 saturated heterocycles. The molecular weight excluding hydrogens is 546 g/mol. The molecule has 0 radical (unpaired) electrons. The summed E-state index contributed by atoms with van der Waals surface area (Å²) in [5, 5.41) is 0. The van der Waals surface area contributed by atoms with Crippen LogP contribution in [0.15, 0.2) is 39.5 Å². The molecule has 3 heterocycles. The summed E-state index contributed by atoms with van der Waals surface area (Å²) in [5.74, 6) is -0.983. The summed E-state index contributed by atoms with van der Waals surface area (Å²) < 4.78 is 41.3. The van der Waals surface area contributed by atoms with Crippen LogP contribution in [0.1, 0.15) is 36.5 Å². The topological polar surface area (TPSA) is 107 Å². The third-order valence-electron chi connectivity index (χ3n) is 5.82. The highest BCUT2D eigenvalue weighted by atomic mass is 35.5. The van der Waals surface area contributed by atoms with Gasteiger partial charge in [-0.3, -0.25) is 4.79 Å². The van der Waals surface area contributed by atoms with Gasteiger partial charge in [-0.05, 0) is 50.1 Å². The van der Waals surface area contributed by atoms with Crippen LogP contribution in [-0.4, -0.2) is 62.1 Å². The van der Waals surface area contributed by atoms with E-state index >= 15 is 0 Å². The first kappa shape index (κ1) is 27.0. The van der Waals surface area contributed by atoms with Crippen molar-refractivity contribution in [2.45, 2.75) is 43.0 Å². The van der Waals surface area contributed by atoms with Crippen molar-refractivity contribution in [2.75, 3.05) is 26.9 Å². The molecule has 1 unspecified atom stereocenters. The quantitative estimate of drug-likeness (QED) is 0.300. The van der Waals surface area contributed by atoms with Gasteiger partial charge in [-0.15, -0.1) is 11.3 Å². The van der Waals surface area contributed by atoms with Crippen molar-refractivity contribution in [2.24, 2.45) is 4.99 Å². The molecule has 1 fully saturated rings. The number of nitrogens with zero attached hydrogens (tertiary/aromatic N) is 3. The summed E-state index contributed by atoms with van der Waals surface area (Å²) in [6, 6.07) is 7.23. The lowest BCUT2D eigenvalue weighted by Crippen LogP contribution is -2.47. The minimum Gasteiger partial charge on any atom is -0.465 e. The smallest absolute Gasteiger partial charge is 0.337 e. The Morgan fingerprint density at radius 3 is 2.69 bits per heavy atom. The number of halogens is 1. The number of thiazole rings is 1. The molecule has 3 aromatic rings. The first-order valence-electron chi connectivity index (χ1n) is 11.4. The monoisotopic (exact) mass is 571 g/mol. The largest absolute Gasteiger partial charge is 0.465 e. The second-order valence-electron chi connectivity index (χ2n) is 8.04. The molecule has 1 amide bonds. The van der Waals surface area contributed by atoms with E-state index in [-0.39, 0.29) is 10.8 Å². The second kappa shape index (κ2) is 11.5. The van der Waals surface area contributed by atoms with E-state index in [1.165, 1.54) is 34.9 Å². The predicted molar refractivity (Wildman–Crippen MR) is 139 cm³/mol. The fraction of sp³-hybridized carbons (Fsp3) is 0.435. The first-order chi connectivity index (χ1) is 17.3. The van der Waals surface area contributed by atoms with Crippen LogP contribution < -0.4 is 4.80 Å². The van der Waals surface area contributed by atoms with Gasteiger partial charge in [-0.1, -0.05) is 29.4 Å². The summed E-state index contributed by atoms with van der Waals surface area (Å²) in [5.41, 5.74) is 1.18. The molecule has 13 heteroatoms. The molecule has 1 aliphatic heterocycles. The van der Waals surface area contributed by atoms with Gasteiger partial charge in [-0.25, -0.2) is 13.2 Å². The Morgan fingerprint density at radius 2 is 2.00 bits per heavy atom. The first-order valence-corrected chi connectivity index (χ1v) is 14.9. The van der Waals surface area contributed by atoms with Crippen molar-refractivity contribution in [3.8, 4) is 0 Å². The van der Waals surface area contributed by atoms with E-state index in [0.29, 0.717) is 47.3 Å². The van der Waals surface area contributed by atoms with Crippen molar-refractivity contribution >= 4 is 66.4 Å². The standard InChI is InChI=1S/C23H26ClN3O6S3/c1-3-33-13-12-26-16-8-7-15(22(29)32-2)14-18(16)34-23(26)25-21(28)17-6-4-5-11-27(17)36(30,31)20-10-9-19(24)35-20/h7-10,14,17H,3-6,11-13H2,1-2H3. The van der Waals surface area contributed by atoms with Crippen LogP contribution in [0.4, 0.5) is 0 Å². The zero-order valence-corrected chi connectivity index (χ0v) is 23.0. The zero-order chi connectivity index (χ0) is 25.9. The highest BCUT2D eigenvalue weighted by Crippen LogP contribution is 2.32. The molecule has 1 atom stereocenters. The molecule has 0 spiro atoms. The van der Waals surface area contributed by atoms with Gasteiger partial charge in [-0.2, -0.15) is 9.30 Å². The number of piperidine rings is 1. The van der Waals surface area contributed by atoms with Crippen molar-refractivity contribution in [1.82, 2.24) is 8.87 Å². The maximum absolute atomic E-state index is 13.4. The number of amides is 1. The molecule has 1 aliphatic rings. The molecule has 2 aromatic heterocycles. The van der Waals surface area contributed by atoms with Crippen molar-refractivity contribution in [1.29, 1.82) is 0 Å². The molecule has 4 rings (SSSR count). The molecule has 36 heavy (non-hydrogen) atoms. The Hall–Kier alpha value is -2.09. The van der Waals surface area contributed by atoms with Gasteiger partial charge in [0.25, 0.3) is 15.9 Å². The molecular formula is C23H26ClN3O6S3. The Labute approximate surface area is 222 Å². The molecule has 0 N–H and O–H groups in total. The Kier molecular flexibility index (Phi) is 8.63. The number of carbonyl (C=O) groups excluding carboxylic acids is 2. The number of fused-ring (bicyclic) bond motifs is 1. The third kappa shape index (κ3) is 5.58. The van der Waals surface area contributed by atoms with Gasteiger partial charge in [0.1, 0.15) is 10.3 Å². The zero-order valence-electron chi connectivity index (χ0n) is 19.8. The average molecular weight is 572 g/mol. The van der Waals surface area contributed by atoms with E-state index in [1.807, 2.05) is 11.5 Å². The fourth-order valence-corrected chi connectivity index (χ4v) is 8.44. The minimum absolute atomic E-state index is 0.108. The SMILES string of the molecule is CCOCCn1c(=NC(=O)C2CCCCN2S(=O)(=O)c2ccc(Cl)s2)sc2cc(C(=O)OC)ccc21. The van der Waals surface area contributed by atoms with Crippen LogP contribution in [0.5, 0.6) is 0 Å². The van der Waals surface area contributed by atoms with Gasteiger partial charge in [0.2, 0.25) is 0 Å². The maximum Gasteiger partial charge on any atom is 0.337 e.